The molecule has 1 aliphatic rings. The molecule has 2 aromatic rings. The minimum absolute atomic E-state index is 0.124. The van der Waals surface area contributed by atoms with E-state index in [1.54, 1.807) is 19.1 Å². The van der Waals surface area contributed by atoms with Gasteiger partial charge in [-0.2, -0.15) is 0 Å². The largest absolute Gasteiger partial charge is 0.486 e. The van der Waals surface area contributed by atoms with Crippen LogP contribution in [-0.4, -0.2) is 45.9 Å². The highest BCUT2D eigenvalue weighted by Crippen LogP contribution is 2.30. The molecule has 7 nitrogen and oxygen atoms in total. The molecule has 1 N–H and O–H groups in total. The topological polar surface area (TPSA) is 84.9 Å². The fraction of sp³-hybridized carbons (Fsp3) is 0.350. The van der Waals surface area contributed by atoms with Gasteiger partial charge in [0.05, 0.1) is 18.5 Å². The molecule has 29 heavy (non-hydrogen) atoms. The van der Waals surface area contributed by atoms with Crippen LogP contribution in [0.3, 0.4) is 0 Å². The number of amides is 1. The quantitative estimate of drug-likeness (QED) is 0.740. The first-order chi connectivity index (χ1) is 13.8. The average molecular weight is 422 g/mol. The molecule has 0 saturated carbocycles. The van der Waals surface area contributed by atoms with Crippen LogP contribution in [0.1, 0.15) is 13.3 Å². The zero-order chi connectivity index (χ0) is 21.0. The predicted octanol–water partition coefficient (Wildman–Crippen LogP) is 2.33. The van der Waals surface area contributed by atoms with E-state index in [2.05, 4.69) is 5.32 Å². The summed E-state index contributed by atoms with van der Waals surface area (Å²) in [6.45, 7) is 2.04. The molecule has 3 rings (SSSR count). The molecule has 0 unspecified atom stereocenters. The third-order valence-electron chi connectivity index (χ3n) is 4.49. The number of para-hydroxylation sites is 3. The molecule has 0 bridgehead atoms. The first-order valence-corrected chi connectivity index (χ1v) is 11.1. The minimum Gasteiger partial charge on any atom is -0.486 e. The van der Waals surface area contributed by atoms with Crippen LogP contribution in [-0.2, 0) is 14.8 Å². The van der Waals surface area contributed by atoms with Crippen LogP contribution in [0.4, 0.5) is 10.1 Å². The second-order valence-corrected chi connectivity index (χ2v) is 8.54. The maximum atomic E-state index is 14.3. The van der Waals surface area contributed by atoms with Crippen LogP contribution in [0.2, 0.25) is 0 Å². The van der Waals surface area contributed by atoms with Gasteiger partial charge in [0.1, 0.15) is 24.6 Å². The lowest BCUT2D eigenvalue weighted by atomic mass is 10.1. The number of carbonyl (C=O) groups excluding carboxylic acids is 1. The van der Waals surface area contributed by atoms with Crippen molar-refractivity contribution in [1.29, 1.82) is 0 Å². The van der Waals surface area contributed by atoms with E-state index in [9.17, 15) is 17.6 Å². The lowest BCUT2D eigenvalue weighted by Gasteiger charge is -2.31. The second kappa shape index (κ2) is 8.69. The number of sulfonamides is 1. The van der Waals surface area contributed by atoms with E-state index >= 15 is 0 Å². The van der Waals surface area contributed by atoms with E-state index in [-0.39, 0.29) is 25.3 Å². The molecule has 0 radical (unpaired) electrons. The summed E-state index contributed by atoms with van der Waals surface area (Å²) >= 11 is 0. The van der Waals surface area contributed by atoms with Gasteiger partial charge in [0.2, 0.25) is 15.9 Å². The number of rotatable bonds is 7. The van der Waals surface area contributed by atoms with Gasteiger partial charge in [0.15, 0.2) is 11.5 Å². The molecule has 0 fully saturated rings. The smallest absolute Gasteiger partial charge is 0.244 e. The predicted molar refractivity (Wildman–Crippen MR) is 107 cm³/mol. The van der Waals surface area contributed by atoms with Crippen LogP contribution < -0.4 is 19.1 Å². The Balaban J connectivity index is 1.73. The van der Waals surface area contributed by atoms with Crippen molar-refractivity contribution in [2.75, 3.05) is 23.7 Å². The molecule has 1 amide bonds. The standard InChI is InChI=1S/C20H23FN2O5S/c1-3-16(23(29(2,25)26)17-9-5-4-8-15(17)21)20(24)22-12-14-13-27-18-10-6-7-11-19(18)28-14/h4-11,14,16H,3,12-13H2,1-2H3,(H,22,24)/t14-,16+/m1/s1. The van der Waals surface area contributed by atoms with Gasteiger partial charge in [-0.1, -0.05) is 31.2 Å². The number of nitrogens with zero attached hydrogens (tertiary/aromatic N) is 1. The van der Waals surface area contributed by atoms with Gasteiger partial charge in [-0.25, -0.2) is 12.8 Å². The average Bonchev–Trinajstić information content (AvgIpc) is 2.70. The number of fused-ring (bicyclic) bond motifs is 1. The van der Waals surface area contributed by atoms with Gasteiger partial charge < -0.3 is 14.8 Å². The Hall–Kier alpha value is -2.81. The summed E-state index contributed by atoms with van der Waals surface area (Å²) in [6.07, 6.45) is 0.689. The van der Waals surface area contributed by atoms with E-state index in [1.807, 2.05) is 12.1 Å². The molecule has 0 aliphatic carbocycles. The van der Waals surface area contributed by atoms with E-state index in [0.29, 0.717) is 11.5 Å². The molecule has 2 aromatic carbocycles. The van der Waals surface area contributed by atoms with Gasteiger partial charge in [-0.05, 0) is 30.7 Å². The summed E-state index contributed by atoms with van der Waals surface area (Å²) in [5.41, 5.74) is -0.164. The number of benzene rings is 2. The number of anilines is 1. The van der Waals surface area contributed by atoms with Crippen molar-refractivity contribution in [3.8, 4) is 11.5 Å². The van der Waals surface area contributed by atoms with Gasteiger partial charge in [-0.15, -0.1) is 0 Å². The Labute approximate surface area is 169 Å². The normalized spacial score (nSPS) is 16.7. The van der Waals surface area contributed by atoms with Crippen molar-refractivity contribution >= 4 is 21.6 Å². The Morgan fingerprint density at radius 2 is 1.86 bits per heavy atom. The third kappa shape index (κ3) is 4.79. The fourth-order valence-electron chi connectivity index (χ4n) is 3.16. The summed E-state index contributed by atoms with van der Waals surface area (Å²) in [5.74, 6) is -0.0492. The van der Waals surface area contributed by atoms with Crippen LogP contribution in [0.25, 0.3) is 0 Å². The Bertz CT molecular complexity index is 982. The van der Waals surface area contributed by atoms with E-state index in [1.165, 1.54) is 18.2 Å². The summed E-state index contributed by atoms with van der Waals surface area (Å²) < 4.78 is 51.2. The van der Waals surface area contributed by atoms with E-state index < -0.39 is 33.9 Å². The number of hydrogen-bond donors (Lipinski definition) is 1. The maximum Gasteiger partial charge on any atom is 0.244 e. The maximum absolute atomic E-state index is 14.3. The highest BCUT2D eigenvalue weighted by atomic mass is 32.2. The summed E-state index contributed by atoms with van der Waals surface area (Å²) in [7, 11) is -3.90. The highest BCUT2D eigenvalue weighted by molar-refractivity contribution is 7.92. The SMILES string of the molecule is CC[C@@H](C(=O)NC[C@@H]1COc2ccccc2O1)N(c1ccccc1F)S(C)(=O)=O. The van der Waals surface area contributed by atoms with Crippen molar-refractivity contribution in [3.05, 3.63) is 54.3 Å². The van der Waals surface area contributed by atoms with E-state index in [0.717, 1.165) is 16.6 Å². The van der Waals surface area contributed by atoms with Gasteiger partial charge in [0.25, 0.3) is 0 Å². The molecular formula is C20H23FN2O5S. The number of halogens is 1. The monoisotopic (exact) mass is 422 g/mol. The summed E-state index contributed by atoms with van der Waals surface area (Å²) in [4.78, 5) is 12.8. The third-order valence-corrected chi connectivity index (χ3v) is 5.66. The second-order valence-electron chi connectivity index (χ2n) is 6.68. The molecule has 0 saturated heterocycles. The molecule has 0 spiro atoms. The van der Waals surface area contributed by atoms with Crippen molar-refractivity contribution < 1.29 is 27.1 Å². The number of nitrogens with one attached hydrogen (secondary N) is 1. The van der Waals surface area contributed by atoms with Crippen LogP contribution in [0.5, 0.6) is 11.5 Å². The van der Waals surface area contributed by atoms with Crippen molar-refractivity contribution in [1.82, 2.24) is 5.32 Å². The zero-order valence-corrected chi connectivity index (χ0v) is 17.0. The molecule has 1 aliphatic heterocycles. The van der Waals surface area contributed by atoms with Gasteiger partial charge >= 0.3 is 0 Å². The molecular weight excluding hydrogens is 399 g/mol. The zero-order valence-electron chi connectivity index (χ0n) is 16.2. The molecule has 2 atom stereocenters. The van der Waals surface area contributed by atoms with Gasteiger partial charge in [-0.3, -0.25) is 9.10 Å². The van der Waals surface area contributed by atoms with Crippen LogP contribution in [0, 0.1) is 5.82 Å². The summed E-state index contributed by atoms with van der Waals surface area (Å²) in [5, 5.41) is 2.70. The molecule has 1 heterocycles. The fourth-order valence-corrected chi connectivity index (χ4v) is 4.37. The minimum atomic E-state index is -3.90. The Kier molecular flexibility index (Phi) is 6.26. The van der Waals surface area contributed by atoms with Crippen molar-refractivity contribution in [2.24, 2.45) is 0 Å². The molecule has 156 valence electrons. The first kappa shape index (κ1) is 20.9. The van der Waals surface area contributed by atoms with Crippen LogP contribution >= 0.6 is 0 Å². The first-order valence-electron chi connectivity index (χ1n) is 9.21. The highest BCUT2D eigenvalue weighted by Gasteiger charge is 2.33. The number of ether oxygens (including phenoxy) is 2. The molecule has 9 heteroatoms. The van der Waals surface area contributed by atoms with Crippen molar-refractivity contribution in [2.45, 2.75) is 25.5 Å². The Morgan fingerprint density at radius 1 is 1.21 bits per heavy atom. The lowest BCUT2D eigenvalue weighted by Crippen LogP contribution is -2.52. The van der Waals surface area contributed by atoms with Gasteiger partial charge in [0, 0.05) is 0 Å². The lowest BCUT2D eigenvalue weighted by molar-refractivity contribution is -0.122. The van der Waals surface area contributed by atoms with E-state index in [4.69, 9.17) is 9.47 Å². The van der Waals surface area contributed by atoms with Crippen molar-refractivity contribution in [3.63, 3.8) is 0 Å². The molecule has 0 aromatic heterocycles. The number of carbonyl (C=O) groups is 1. The number of hydrogen-bond acceptors (Lipinski definition) is 5. The van der Waals surface area contributed by atoms with Crippen LogP contribution in [0.15, 0.2) is 48.5 Å². The summed E-state index contributed by atoms with van der Waals surface area (Å²) in [6, 6.07) is 11.6. The Morgan fingerprint density at radius 3 is 2.52 bits per heavy atom.